The molecular weight excluding hydrogens is 232 g/mol. The smallest absolute Gasteiger partial charge is 0.0240 e. The van der Waals surface area contributed by atoms with Crippen LogP contribution in [-0.4, -0.2) is 12.1 Å². The SMILES string of the molecule is c1ccc(CN[C@@H]2C[C@H]2NCc2ccccc2)cc1. The Morgan fingerprint density at radius 2 is 1.11 bits per heavy atom. The van der Waals surface area contributed by atoms with E-state index in [1.54, 1.807) is 0 Å². The maximum Gasteiger partial charge on any atom is 0.0240 e. The minimum Gasteiger partial charge on any atom is -0.308 e. The van der Waals surface area contributed by atoms with E-state index in [2.05, 4.69) is 71.3 Å². The fraction of sp³-hybridized carbons (Fsp3) is 0.294. The molecule has 1 fully saturated rings. The molecule has 2 atom stereocenters. The molecule has 0 saturated heterocycles. The first-order valence-electron chi connectivity index (χ1n) is 6.96. The fourth-order valence-electron chi connectivity index (χ4n) is 2.34. The van der Waals surface area contributed by atoms with E-state index in [0.29, 0.717) is 12.1 Å². The largest absolute Gasteiger partial charge is 0.308 e. The Labute approximate surface area is 114 Å². The van der Waals surface area contributed by atoms with Gasteiger partial charge >= 0.3 is 0 Å². The Balaban J connectivity index is 1.38. The first-order chi connectivity index (χ1) is 9.42. The Hall–Kier alpha value is -1.64. The highest BCUT2D eigenvalue weighted by molar-refractivity contribution is 5.16. The zero-order chi connectivity index (χ0) is 12.9. The van der Waals surface area contributed by atoms with Crippen LogP contribution < -0.4 is 10.6 Å². The van der Waals surface area contributed by atoms with Gasteiger partial charge in [-0.2, -0.15) is 0 Å². The Morgan fingerprint density at radius 3 is 1.53 bits per heavy atom. The van der Waals surface area contributed by atoms with Crippen molar-refractivity contribution in [3.8, 4) is 0 Å². The van der Waals surface area contributed by atoms with E-state index in [0.717, 1.165) is 13.1 Å². The molecule has 0 amide bonds. The van der Waals surface area contributed by atoms with E-state index in [1.807, 2.05) is 0 Å². The number of rotatable bonds is 6. The van der Waals surface area contributed by atoms with Crippen molar-refractivity contribution < 1.29 is 0 Å². The Kier molecular flexibility index (Phi) is 3.92. The van der Waals surface area contributed by atoms with Crippen LogP contribution in [0.5, 0.6) is 0 Å². The molecule has 1 saturated carbocycles. The van der Waals surface area contributed by atoms with E-state index < -0.39 is 0 Å². The number of hydrogen-bond donors (Lipinski definition) is 2. The zero-order valence-electron chi connectivity index (χ0n) is 11.0. The van der Waals surface area contributed by atoms with Crippen LogP contribution in [-0.2, 0) is 13.1 Å². The van der Waals surface area contributed by atoms with Crippen LogP contribution in [0.2, 0.25) is 0 Å². The first-order valence-corrected chi connectivity index (χ1v) is 6.96. The first kappa shape index (κ1) is 12.4. The molecule has 1 aliphatic carbocycles. The van der Waals surface area contributed by atoms with E-state index >= 15 is 0 Å². The van der Waals surface area contributed by atoms with Gasteiger partial charge in [0, 0.05) is 25.2 Å². The van der Waals surface area contributed by atoms with E-state index in [-0.39, 0.29) is 0 Å². The van der Waals surface area contributed by atoms with Crippen LogP contribution in [0.15, 0.2) is 60.7 Å². The highest BCUT2D eigenvalue weighted by Crippen LogP contribution is 2.22. The summed E-state index contributed by atoms with van der Waals surface area (Å²) < 4.78 is 0. The summed E-state index contributed by atoms with van der Waals surface area (Å²) in [6, 6.07) is 22.4. The van der Waals surface area contributed by atoms with Gasteiger partial charge in [0.15, 0.2) is 0 Å². The van der Waals surface area contributed by atoms with Crippen LogP contribution in [0.1, 0.15) is 17.5 Å². The lowest BCUT2D eigenvalue weighted by Gasteiger charge is -2.06. The maximum absolute atomic E-state index is 3.60. The van der Waals surface area contributed by atoms with Crippen molar-refractivity contribution >= 4 is 0 Å². The average molecular weight is 252 g/mol. The normalized spacial score (nSPS) is 21.3. The van der Waals surface area contributed by atoms with Gasteiger partial charge in [0.2, 0.25) is 0 Å². The highest BCUT2D eigenvalue weighted by Gasteiger charge is 2.35. The minimum absolute atomic E-state index is 0.629. The summed E-state index contributed by atoms with van der Waals surface area (Å²) in [4.78, 5) is 0. The molecule has 2 aromatic carbocycles. The Morgan fingerprint density at radius 1 is 0.684 bits per heavy atom. The molecule has 0 aromatic heterocycles. The molecule has 1 aliphatic rings. The lowest BCUT2D eigenvalue weighted by atomic mass is 10.2. The fourth-order valence-corrected chi connectivity index (χ4v) is 2.34. The molecule has 0 radical (unpaired) electrons. The summed E-state index contributed by atoms with van der Waals surface area (Å²) in [6.45, 7) is 1.93. The molecule has 2 aromatic rings. The summed E-state index contributed by atoms with van der Waals surface area (Å²) in [6.07, 6.45) is 1.24. The molecule has 0 bridgehead atoms. The van der Waals surface area contributed by atoms with Crippen LogP contribution in [0, 0.1) is 0 Å². The summed E-state index contributed by atoms with van der Waals surface area (Å²) in [5.74, 6) is 0. The van der Waals surface area contributed by atoms with Gasteiger partial charge in [-0.05, 0) is 17.5 Å². The topological polar surface area (TPSA) is 24.1 Å². The van der Waals surface area contributed by atoms with Crippen molar-refractivity contribution in [3.05, 3.63) is 71.8 Å². The predicted molar refractivity (Wildman–Crippen MR) is 78.8 cm³/mol. The molecule has 3 rings (SSSR count). The summed E-state index contributed by atoms with van der Waals surface area (Å²) in [5, 5.41) is 7.19. The molecule has 0 spiro atoms. The lowest BCUT2D eigenvalue weighted by Crippen LogP contribution is -2.26. The molecule has 19 heavy (non-hydrogen) atoms. The molecule has 2 nitrogen and oxygen atoms in total. The quantitative estimate of drug-likeness (QED) is 0.826. The second-order valence-corrected chi connectivity index (χ2v) is 5.18. The van der Waals surface area contributed by atoms with Crippen molar-refractivity contribution in [1.82, 2.24) is 10.6 Å². The molecule has 2 N–H and O–H groups in total. The molecule has 0 unspecified atom stereocenters. The summed E-state index contributed by atoms with van der Waals surface area (Å²) in [5.41, 5.74) is 2.72. The predicted octanol–water partition coefficient (Wildman–Crippen LogP) is 2.71. The van der Waals surface area contributed by atoms with Crippen molar-refractivity contribution in [2.75, 3.05) is 0 Å². The Bertz CT molecular complexity index is 448. The molecule has 2 heteroatoms. The third kappa shape index (κ3) is 3.66. The van der Waals surface area contributed by atoms with Crippen LogP contribution in [0.25, 0.3) is 0 Å². The highest BCUT2D eigenvalue weighted by atomic mass is 15.1. The summed E-state index contributed by atoms with van der Waals surface area (Å²) in [7, 11) is 0. The van der Waals surface area contributed by atoms with Crippen molar-refractivity contribution in [2.24, 2.45) is 0 Å². The standard InChI is InChI=1S/C17H20N2/c1-3-7-14(8-4-1)12-18-16-11-17(16)19-13-15-9-5-2-6-10-15/h1-10,16-19H,11-13H2/t16-,17-/m1/s1. The lowest BCUT2D eigenvalue weighted by molar-refractivity contribution is 0.604. The van der Waals surface area contributed by atoms with Crippen LogP contribution in [0.4, 0.5) is 0 Å². The van der Waals surface area contributed by atoms with Gasteiger partial charge in [-0.1, -0.05) is 60.7 Å². The molecular formula is C17H20N2. The van der Waals surface area contributed by atoms with E-state index in [4.69, 9.17) is 0 Å². The number of benzene rings is 2. The second-order valence-electron chi connectivity index (χ2n) is 5.18. The van der Waals surface area contributed by atoms with Crippen molar-refractivity contribution in [3.63, 3.8) is 0 Å². The monoisotopic (exact) mass is 252 g/mol. The van der Waals surface area contributed by atoms with Crippen molar-refractivity contribution in [1.29, 1.82) is 0 Å². The molecule has 0 aliphatic heterocycles. The van der Waals surface area contributed by atoms with E-state index in [1.165, 1.54) is 17.5 Å². The minimum atomic E-state index is 0.629. The van der Waals surface area contributed by atoms with Gasteiger partial charge < -0.3 is 10.6 Å². The summed E-state index contributed by atoms with van der Waals surface area (Å²) >= 11 is 0. The van der Waals surface area contributed by atoms with Crippen molar-refractivity contribution in [2.45, 2.75) is 31.6 Å². The van der Waals surface area contributed by atoms with Gasteiger partial charge in [0.25, 0.3) is 0 Å². The number of nitrogens with one attached hydrogen (secondary N) is 2. The third-order valence-corrected chi connectivity index (χ3v) is 3.61. The zero-order valence-corrected chi connectivity index (χ0v) is 11.0. The second kappa shape index (κ2) is 6.00. The van der Waals surface area contributed by atoms with Gasteiger partial charge in [0.05, 0.1) is 0 Å². The average Bonchev–Trinajstić information content (AvgIpc) is 3.24. The van der Waals surface area contributed by atoms with Crippen LogP contribution >= 0.6 is 0 Å². The van der Waals surface area contributed by atoms with Gasteiger partial charge in [0.1, 0.15) is 0 Å². The van der Waals surface area contributed by atoms with Crippen LogP contribution in [0.3, 0.4) is 0 Å². The molecule has 98 valence electrons. The number of hydrogen-bond acceptors (Lipinski definition) is 2. The van der Waals surface area contributed by atoms with Gasteiger partial charge in [-0.25, -0.2) is 0 Å². The van der Waals surface area contributed by atoms with Gasteiger partial charge in [-0.15, -0.1) is 0 Å². The molecule has 0 heterocycles. The van der Waals surface area contributed by atoms with Gasteiger partial charge in [-0.3, -0.25) is 0 Å². The maximum atomic E-state index is 3.60. The van der Waals surface area contributed by atoms with E-state index in [9.17, 15) is 0 Å². The third-order valence-electron chi connectivity index (χ3n) is 3.61.